The fourth-order valence-corrected chi connectivity index (χ4v) is 3.10. The number of carbonyl (C=O) groups excluding carboxylic acids is 1. The van der Waals surface area contributed by atoms with Crippen LogP contribution >= 0.6 is 0 Å². The molecule has 0 bridgehead atoms. The Hall–Kier alpha value is -2.05. The summed E-state index contributed by atoms with van der Waals surface area (Å²) in [7, 11) is 0. The van der Waals surface area contributed by atoms with Crippen molar-refractivity contribution in [1.82, 2.24) is 5.32 Å². The molecule has 0 radical (unpaired) electrons. The number of nitrogens with two attached hydrogens (primary N) is 1. The van der Waals surface area contributed by atoms with E-state index in [4.69, 9.17) is 19.9 Å². The van der Waals surface area contributed by atoms with Crippen LogP contribution in [0.5, 0.6) is 0 Å². The summed E-state index contributed by atoms with van der Waals surface area (Å²) in [6.07, 6.45) is 2.64. The molecule has 2 aliphatic rings. The molecule has 6 nitrogen and oxygen atoms in total. The molecule has 3 rings (SSSR count). The highest BCUT2D eigenvalue weighted by Gasteiger charge is 2.43. The smallest absolute Gasteiger partial charge is 0.229 e. The third-order valence-corrected chi connectivity index (χ3v) is 4.63. The van der Waals surface area contributed by atoms with E-state index in [-0.39, 0.29) is 36.6 Å². The van der Waals surface area contributed by atoms with Crippen LogP contribution in [0.15, 0.2) is 42.4 Å². The Bertz CT molecular complexity index is 598. The molecule has 1 fully saturated rings. The Morgan fingerprint density at radius 3 is 2.62 bits per heavy atom. The number of ether oxygens (including phenoxy) is 3. The molecule has 0 saturated carbocycles. The van der Waals surface area contributed by atoms with Gasteiger partial charge in [0.15, 0.2) is 5.76 Å². The molecule has 130 valence electrons. The van der Waals surface area contributed by atoms with E-state index in [9.17, 15) is 4.79 Å². The van der Waals surface area contributed by atoms with Crippen molar-refractivity contribution in [1.29, 1.82) is 0 Å². The second kappa shape index (κ2) is 7.23. The van der Waals surface area contributed by atoms with Crippen molar-refractivity contribution in [2.45, 2.75) is 31.8 Å². The van der Waals surface area contributed by atoms with Gasteiger partial charge in [0, 0.05) is 17.9 Å². The van der Waals surface area contributed by atoms with E-state index in [1.807, 2.05) is 18.2 Å². The Labute approximate surface area is 142 Å². The van der Waals surface area contributed by atoms with Gasteiger partial charge in [0.05, 0.1) is 19.3 Å². The van der Waals surface area contributed by atoms with Crippen LogP contribution in [0.4, 0.5) is 0 Å². The van der Waals surface area contributed by atoms with Crippen LogP contribution in [0.25, 0.3) is 0 Å². The molecule has 2 unspecified atom stereocenters. The van der Waals surface area contributed by atoms with Crippen molar-refractivity contribution < 1.29 is 19.0 Å². The lowest BCUT2D eigenvalue weighted by atomic mass is 9.78. The standard InChI is InChI=1S/C18H24N2O4/c1-18(10-23-11-18)16(8-17(19)21)20-14(15-9-22-12-24-15)7-13-5-3-2-4-6-13/h2-6,9,14,16,20H,7-8,10-12H2,1H3,(H2,19,21). The molecule has 0 aromatic heterocycles. The van der Waals surface area contributed by atoms with Crippen LogP contribution in [0.2, 0.25) is 0 Å². The Balaban J connectivity index is 1.77. The van der Waals surface area contributed by atoms with E-state index in [0.29, 0.717) is 13.2 Å². The molecule has 0 aliphatic carbocycles. The zero-order valence-electron chi connectivity index (χ0n) is 13.9. The van der Waals surface area contributed by atoms with E-state index >= 15 is 0 Å². The third-order valence-electron chi connectivity index (χ3n) is 4.63. The summed E-state index contributed by atoms with van der Waals surface area (Å²) in [5, 5.41) is 3.56. The lowest BCUT2D eigenvalue weighted by molar-refractivity contribution is -0.134. The summed E-state index contributed by atoms with van der Waals surface area (Å²) in [5.74, 6) is 0.425. The van der Waals surface area contributed by atoms with E-state index < -0.39 is 0 Å². The molecule has 24 heavy (non-hydrogen) atoms. The van der Waals surface area contributed by atoms with Crippen LogP contribution in [0.1, 0.15) is 18.9 Å². The average molecular weight is 332 g/mol. The Kier molecular flexibility index (Phi) is 5.06. The van der Waals surface area contributed by atoms with E-state index in [2.05, 4.69) is 24.4 Å². The molecule has 6 heteroatoms. The largest absolute Gasteiger partial charge is 0.462 e. The summed E-state index contributed by atoms with van der Waals surface area (Å²) in [6.45, 7) is 3.57. The number of nitrogens with one attached hydrogen (secondary N) is 1. The minimum absolute atomic E-state index is 0.0810. The van der Waals surface area contributed by atoms with Gasteiger partial charge in [-0.2, -0.15) is 0 Å². The fourth-order valence-electron chi connectivity index (χ4n) is 3.10. The third kappa shape index (κ3) is 3.88. The van der Waals surface area contributed by atoms with Crippen molar-refractivity contribution >= 4 is 5.91 Å². The maximum Gasteiger partial charge on any atom is 0.229 e. The predicted molar refractivity (Wildman–Crippen MR) is 88.7 cm³/mol. The van der Waals surface area contributed by atoms with Crippen LogP contribution in [0, 0.1) is 5.41 Å². The van der Waals surface area contributed by atoms with Gasteiger partial charge >= 0.3 is 0 Å². The van der Waals surface area contributed by atoms with Crippen molar-refractivity contribution in [3.63, 3.8) is 0 Å². The van der Waals surface area contributed by atoms with E-state index in [1.165, 1.54) is 5.56 Å². The van der Waals surface area contributed by atoms with Gasteiger partial charge in [0.1, 0.15) is 6.26 Å². The normalized spacial score (nSPS) is 21.0. The molecule has 2 heterocycles. The van der Waals surface area contributed by atoms with Gasteiger partial charge in [-0.1, -0.05) is 37.3 Å². The van der Waals surface area contributed by atoms with Crippen LogP contribution in [-0.2, 0) is 25.4 Å². The Morgan fingerprint density at radius 2 is 2.08 bits per heavy atom. The molecule has 1 aromatic rings. The highest BCUT2D eigenvalue weighted by Crippen LogP contribution is 2.33. The molecule has 1 amide bonds. The number of hydrogen-bond acceptors (Lipinski definition) is 5. The molecule has 1 aromatic carbocycles. The van der Waals surface area contributed by atoms with Gasteiger partial charge in [0.25, 0.3) is 0 Å². The summed E-state index contributed by atoms with van der Waals surface area (Å²) >= 11 is 0. The SMILES string of the molecule is CC1(C(CC(N)=O)NC(Cc2ccccc2)C2=COCO2)COC1. The molecule has 0 spiro atoms. The quantitative estimate of drug-likeness (QED) is 0.750. The fraction of sp³-hybridized carbons (Fsp3) is 0.500. The topological polar surface area (TPSA) is 82.8 Å². The highest BCUT2D eigenvalue weighted by molar-refractivity contribution is 5.74. The molecule has 3 N–H and O–H groups in total. The van der Waals surface area contributed by atoms with E-state index in [1.54, 1.807) is 6.26 Å². The first-order valence-electron chi connectivity index (χ1n) is 8.17. The molecular weight excluding hydrogens is 308 g/mol. The van der Waals surface area contributed by atoms with Crippen molar-refractivity contribution in [3.05, 3.63) is 47.9 Å². The van der Waals surface area contributed by atoms with Crippen LogP contribution < -0.4 is 11.1 Å². The zero-order valence-corrected chi connectivity index (χ0v) is 13.9. The number of benzene rings is 1. The number of amides is 1. The Morgan fingerprint density at radius 1 is 1.33 bits per heavy atom. The minimum atomic E-state index is -0.323. The summed E-state index contributed by atoms with van der Waals surface area (Å²) in [4.78, 5) is 11.5. The second-order valence-corrected chi connectivity index (χ2v) is 6.73. The van der Waals surface area contributed by atoms with Crippen LogP contribution in [0.3, 0.4) is 0 Å². The van der Waals surface area contributed by atoms with Crippen molar-refractivity contribution in [3.8, 4) is 0 Å². The monoisotopic (exact) mass is 332 g/mol. The molecule has 2 atom stereocenters. The van der Waals surface area contributed by atoms with Gasteiger partial charge in [-0.05, 0) is 12.0 Å². The minimum Gasteiger partial charge on any atom is -0.462 e. The molecule has 1 saturated heterocycles. The molecular formula is C18H24N2O4. The number of rotatable bonds is 8. The van der Waals surface area contributed by atoms with E-state index in [0.717, 1.165) is 12.2 Å². The lowest BCUT2D eigenvalue weighted by Gasteiger charge is -2.45. The number of primary amides is 1. The average Bonchev–Trinajstić information content (AvgIpc) is 3.06. The first-order valence-corrected chi connectivity index (χ1v) is 8.17. The molecule has 2 aliphatic heterocycles. The van der Waals surface area contributed by atoms with Gasteiger partial charge in [-0.25, -0.2) is 0 Å². The maximum absolute atomic E-state index is 11.5. The zero-order chi connectivity index (χ0) is 17.0. The summed E-state index contributed by atoms with van der Waals surface area (Å²) in [5.41, 5.74) is 6.53. The predicted octanol–water partition coefficient (Wildman–Crippen LogP) is 1.31. The number of hydrogen-bond donors (Lipinski definition) is 2. The highest BCUT2D eigenvalue weighted by atomic mass is 16.7. The summed E-state index contributed by atoms with van der Waals surface area (Å²) in [6, 6.07) is 9.98. The van der Waals surface area contributed by atoms with Gasteiger partial charge < -0.3 is 25.3 Å². The lowest BCUT2D eigenvalue weighted by Crippen LogP contribution is -2.59. The first-order chi connectivity index (χ1) is 11.6. The van der Waals surface area contributed by atoms with Gasteiger partial charge in [-0.15, -0.1) is 0 Å². The second-order valence-electron chi connectivity index (χ2n) is 6.73. The first kappa shape index (κ1) is 16.8. The van der Waals surface area contributed by atoms with Gasteiger partial charge in [-0.3, -0.25) is 4.79 Å². The summed E-state index contributed by atoms with van der Waals surface area (Å²) < 4.78 is 16.2. The number of carbonyl (C=O) groups is 1. The van der Waals surface area contributed by atoms with Crippen LogP contribution in [-0.4, -0.2) is 38.0 Å². The van der Waals surface area contributed by atoms with Crippen molar-refractivity contribution in [2.24, 2.45) is 11.1 Å². The maximum atomic E-state index is 11.5. The van der Waals surface area contributed by atoms with Crippen molar-refractivity contribution in [2.75, 3.05) is 20.0 Å². The van der Waals surface area contributed by atoms with Gasteiger partial charge in [0.2, 0.25) is 12.7 Å².